The average molecular weight is 321 g/mol. The highest BCUT2D eigenvalue weighted by Gasteiger charge is 2.21. The summed E-state index contributed by atoms with van der Waals surface area (Å²) >= 11 is 0. The minimum Gasteiger partial charge on any atom is -0.312 e. The quantitative estimate of drug-likeness (QED) is 0.727. The van der Waals surface area contributed by atoms with Crippen molar-refractivity contribution in [2.75, 3.05) is 11.4 Å². The van der Waals surface area contributed by atoms with Crippen LogP contribution >= 0.6 is 0 Å². The first kappa shape index (κ1) is 14.5. The predicted molar refractivity (Wildman–Crippen MR) is 88.7 cm³/mol. The van der Waals surface area contributed by atoms with E-state index in [0.717, 1.165) is 24.2 Å². The van der Waals surface area contributed by atoms with Gasteiger partial charge in [-0.2, -0.15) is 0 Å². The molecule has 0 radical (unpaired) electrons. The number of aromatic nitrogens is 4. The molecule has 1 fully saturated rings. The van der Waals surface area contributed by atoms with E-state index in [9.17, 15) is 9.59 Å². The van der Waals surface area contributed by atoms with Crippen LogP contribution in [0.15, 0.2) is 47.8 Å². The van der Waals surface area contributed by atoms with Crippen LogP contribution in [-0.4, -0.2) is 32.0 Å². The van der Waals surface area contributed by atoms with Gasteiger partial charge in [0, 0.05) is 31.0 Å². The summed E-state index contributed by atoms with van der Waals surface area (Å²) in [6, 6.07) is 7.68. The molecule has 0 bridgehead atoms. The third-order valence-corrected chi connectivity index (χ3v) is 4.14. The topological polar surface area (TPSA) is 81.0 Å². The zero-order chi connectivity index (χ0) is 16.5. The molecular formula is C17H15N5O2. The molecule has 0 unspecified atom stereocenters. The summed E-state index contributed by atoms with van der Waals surface area (Å²) in [6.07, 6.45) is 5.99. The van der Waals surface area contributed by atoms with Gasteiger partial charge in [0.25, 0.3) is 5.56 Å². The van der Waals surface area contributed by atoms with E-state index < -0.39 is 0 Å². The summed E-state index contributed by atoms with van der Waals surface area (Å²) in [6.45, 7) is 1.16. The lowest BCUT2D eigenvalue weighted by atomic mass is 10.2. The standard InChI is InChI=1S/C17H15N5O2/c23-14-2-1-9-22(14)13-5-3-12(4-6-13)10-21-11-20-16-15(17(21)24)18-7-8-19-16/h3-8,11H,1-2,9-10H2. The third-order valence-electron chi connectivity index (χ3n) is 4.14. The molecule has 24 heavy (non-hydrogen) atoms. The van der Waals surface area contributed by atoms with Crippen molar-refractivity contribution in [2.24, 2.45) is 0 Å². The Morgan fingerprint density at radius 3 is 2.54 bits per heavy atom. The Hall–Kier alpha value is -3.09. The minimum atomic E-state index is -0.216. The summed E-state index contributed by atoms with van der Waals surface area (Å²) < 4.78 is 1.51. The Bertz CT molecular complexity index is 965. The predicted octanol–water partition coefficient (Wildman–Crippen LogP) is 1.36. The van der Waals surface area contributed by atoms with E-state index in [4.69, 9.17) is 0 Å². The number of anilines is 1. The van der Waals surface area contributed by atoms with Crippen LogP contribution in [0.2, 0.25) is 0 Å². The molecule has 1 saturated heterocycles. The first-order chi connectivity index (χ1) is 11.7. The van der Waals surface area contributed by atoms with Gasteiger partial charge in [-0.3, -0.25) is 14.2 Å². The number of fused-ring (bicyclic) bond motifs is 1. The summed E-state index contributed by atoms with van der Waals surface area (Å²) in [5, 5.41) is 0. The maximum Gasteiger partial charge on any atom is 0.281 e. The van der Waals surface area contributed by atoms with E-state index >= 15 is 0 Å². The van der Waals surface area contributed by atoms with Gasteiger partial charge >= 0.3 is 0 Å². The smallest absolute Gasteiger partial charge is 0.281 e. The van der Waals surface area contributed by atoms with Crippen molar-refractivity contribution in [2.45, 2.75) is 19.4 Å². The molecule has 1 aliphatic rings. The molecule has 4 rings (SSSR count). The Balaban J connectivity index is 1.60. The maximum atomic E-state index is 12.4. The van der Waals surface area contributed by atoms with Crippen molar-refractivity contribution < 1.29 is 4.79 Å². The van der Waals surface area contributed by atoms with Crippen molar-refractivity contribution >= 4 is 22.8 Å². The molecule has 120 valence electrons. The molecule has 0 saturated carbocycles. The number of rotatable bonds is 3. The van der Waals surface area contributed by atoms with E-state index in [1.165, 1.54) is 23.3 Å². The lowest BCUT2D eigenvalue weighted by Crippen LogP contribution is -2.24. The van der Waals surface area contributed by atoms with Crippen molar-refractivity contribution in [1.29, 1.82) is 0 Å². The van der Waals surface area contributed by atoms with Gasteiger partial charge in [0.05, 0.1) is 6.54 Å². The molecule has 0 spiro atoms. The number of carbonyl (C=O) groups excluding carboxylic acids is 1. The van der Waals surface area contributed by atoms with E-state index in [2.05, 4.69) is 15.0 Å². The van der Waals surface area contributed by atoms with Crippen LogP contribution < -0.4 is 10.5 Å². The second kappa shape index (κ2) is 5.84. The van der Waals surface area contributed by atoms with Gasteiger partial charge in [0.1, 0.15) is 6.33 Å². The number of benzene rings is 1. The summed E-state index contributed by atoms with van der Waals surface area (Å²) in [4.78, 5) is 38.2. The molecule has 0 aliphatic carbocycles. The molecule has 1 aromatic carbocycles. The number of amides is 1. The van der Waals surface area contributed by atoms with Crippen LogP contribution in [0.4, 0.5) is 5.69 Å². The Morgan fingerprint density at radius 2 is 1.79 bits per heavy atom. The Labute approximate surface area is 137 Å². The van der Waals surface area contributed by atoms with Crippen molar-refractivity contribution in [3.8, 4) is 0 Å². The average Bonchev–Trinajstić information content (AvgIpc) is 3.04. The molecule has 7 heteroatoms. The van der Waals surface area contributed by atoms with Crippen LogP contribution in [0.5, 0.6) is 0 Å². The van der Waals surface area contributed by atoms with Gasteiger partial charge in [-0.1, -0.05) is 12.1 Å². The maximum absolute atomic E-state index is 12.4. The Kier molecular flexibility index (Phi) is 3.53. The molecule has 7 nitrogen and oxygen atoms in total. The number of hydrogen-bond donors (Lipinski definition) is 0. The SMILES string of the molecule is O=C1CCCN1c1ccc(Cn2cnc3nccnc3c2=O)cc1. The fourth-order valence-corrected chi connectivity index (χ4v) is 2.90. The van der Waals surface area contributed by atoms with Crippen LogP contribution in [0.25, 0.3) is 11.2 Å². The highest BCUT2D eigenvalue weighted by atomic mass is 16.2. The van der Waals surface area contributed by atoms with Crippen molar-refractivity contribution in [1.82, 2.24) is 19.5 Å². The molecule has 3 aromatic rings. The third kappa shape index (κ3) is 2.54. The lowest BCUT2D eigenvalue weighted by molar-refractivity contribution is -0.117. The van der Waals surface area contributed by atoms with Gasteiger partial charge in [0.2, 0.25) is 5.91 Å². The Morgan fingerprint density at radius 1 is 1.00 bits per heavy atom. The van der Waals surface area contributed by atoms with Crippen molar-refractivity contribution in [3.63, 3.8) is 0 Å². The fraction of sp³-hybridized carbons (Fsp3) is 0.235. The lowest BCUT2D eigenvalue weighted by Gasteiger charge is -2.16. The zero-order valence-electron chi connectivity index (χ0n) is 12.9. The van der Waals surface area contributed by atoms with Crippen LogP contribution in [-0.2, 0) is 11.3 Å². The summed E-state index contributed by atoms with van der Waals surface area (Å²) in [5.74, 6) is 0.163. The van der Waals surface area contributed by atoms with Crippen LogP contribution in [0.1, 0.15) is 18.4 Å². The van der Waals surface area contributed by atoms with E-state index in [1.807, 2.05) is 24.3 Å². The molecule has 0 N–H and O–H groups in total. The molecule has 3 heterocycles. The first-order valence-electron chi connectivity index (χ1n) is 7.78. The molecule has 1 aliphatic heterocycles. The largest absolute Gasteiger partial charge is 0.312 e. The van der Waals surface area contributed by atoms with Gasteiger partial charge < -0.3 is 4.90 Å². The zero-order valence-corrected chi connectivity index (χ0v) is 12.9. The van der Waals surface area contributed by atoms with Gasteiger partial charge in [-0.25, -0.2) is 15.0 Å². The molecule has 0 atom stereocenters. The summed E-state index contributed by atoms with van der Waals surface area (Å²) in [7, 11) is 0. The number of nitrogens with zero attached hydrogens (tertiary/aromatic N) is 5. The van der Waals surface area contributed by atoms with E-state index in [1.54, 1.807) is 4.90 Å². The first-order valence-corrected chi connectivity index (χ1v) is 7.78. The van der Waals surface area contributed by atoms with E-state index in [-0.39, 0.29) is 17.0 Å². The van der Waals surface area contributed by atoms with E-state index in [0.29, 0.717) is 18.6 Å². The van der Waals surface area contributed by atoms with Gasteiger partial charge in [-0.15, -0.1) is 0 Å². The normalized spacial score (nSPS) is 14.5. The van der Waals surface area contributed by atoms with Crippen LogP contribution in [0.3, 0.4) is 0 Å². The molecule has 1 amide bonds. The number of hydrogen-bond acceptors (Lipinski definition) is 5. The second-order valence-electron chi connectivity index (χ2n) is 5.72. The highest BCUT2D eigenvalue weighted by molar-refractivity contribution is 5.95. The van der Waals surface area contributed by atoms with Gasteiger partial charge in [0.15, 0.2) is 11.2 Å². The monoisotopic (exact) mass is 321 g/mol. The number of carbonyl (C=O) groups is 1. The molecule has 2 aromatic heterocycles. The van der Waals surface area contributed by atoms with Crippen LogP contribution in [0, 0.1) is 0 Å². The second-order valence-corrected chi connectivity index (χ2v) is 5.72. The van der Waals surface area contributed by atoms with Crippen molar-refractivity contribution in [3.05, 3.63) is 58.9 Å². The summed E-state index contributed by atoms with van der Waals surface area (Å²) in [5.41, 5.74) is 2.25. The highest BCUT2D eigenvalue weighted by Crippen LogP contribution is 2.21. The fourth-order valence-electron chi connectivity index (χ4n) is 2.90. The van der Waals surface area contributed by atoms with Gasteiger partial charge in [-0.05, 0) is 24.1 Å². The minimum absolute atomic E-state index is 0.163. The molecular weight excluding hydrogens is 306 g/mol.